The SMILES string of the molecule is CNC(c1ccc(N(C)C)nc1)c1ccc(Cl)o1. The standard InChI is InChI=1S/C13H16ClN3O/c1-15-13(10-5-6-11(14)18-10)9-4-7-12(16-8-9)17(2)3/h4-8,13,15H,1-3H3. The third-order valence-corrected chi connectivity index (χ3v) is 2.93. The third-order valence-electron chi connectivity index (χ3n) is 2.73. The lowest BCUT2D eigenvalue weighted by Gasteiger charge is -2.16. The van der Waals surface area contributed by atoms with Crippen molar-refractivity contribution in [2.75, 3.05) is 26.0 Å². The van der Waals surface area contributed by atoms with Gasteiger partial charge in [0.05, 0.1) is 6.04 Å². The molecule has 0 radical (unpaired) electrons. The van der Waals surface area contributed by atoms with Crippen LogP contribution in [0, 0.1) is 0 Å². The van der Waals surface area contributed by atoms with E-state index in [1.165, 1.54) is 0 Å². The van der Waals surface area contributed by atoms with Crippen molar-refractivity contribution in [2.24, 2.45) is 0 Å². The third kappa shape index (κ3) is 2.66. The zero-order chi connectivity index (χ0) is 13.1. The summed E-state index contributed by atoms with van der Waals surface area (Å²) in [5, 5.41) is 3.58. The fourth-order valence-corrected chi connectivity index (χ4v) is 1.94. The maximum atomic E-state index is 5.80. The number of pyridine rings is 1. The van der Waals surface area contributed by atoms with Gasteiger partial charge in [0.2, 0.25) is 0 Å². The predicted molar refractivity (Wildman–Crippen MR) is 73.2 cm³/mol. The van der Waals surface area contributed by atoms with E-state index in [4.69, 9.17) is 16.0 Å². The van der Waals surface area contributed by atoms with Crippen molar-refractivity contribution in [2.45, 2.75) is 6.04 Å². The van der Waals surface area contributed by atoms with Crippen molar-refractivity contribution in [3.63, 3.8) is 0 Å². The van der Waals surface area contributed by atoms with Gasteiger partial charge in [0, 0.05) is 20.3 Å². The summed E-state index contributed by atoms with van der Waals surface area (Å²) in [6.07, 6.45) is 1.84. The van der Waals surface area contributed by atoms with E-state index >= 15 is 0 Å². The molecule has 1 atom stereocenters. The van der Waals surface area contributed by atoms with Gasteiger partial charge in [-0.2, -0.15) is 0 Å². The summed E-state index contributed by atoms with van der Waals surface area (Å²) < 4.78 is 5.43. The Kier molecular flexibility index (Phi) is 3.89. The fourth-order valence-electron chi connectivity index (χ4n) is 1.79. The molecular formula is C13H16ClN3O. The highest BCUT2D eigenvalue weighted by molar-refractivity contribution is 6.28. The Morgan fingerprint density at radius 3 is 2.50 bits per heavy atom. The van der Waals surface area contributed by atoms with Crippen molar-refractivity contribution in [3.05, 3.63) is 47.0 Å². The average molecular weight is 266 g/mol. The van der Waals surface area contributed by atoms with E-state index < -0.39 is 0 Å². The van der Waals surface area contributed by atoms with Gasteiger partial charge in [-0.15, -0.1) is 0 Å². The van der Waals surface area contributed by atoms with Crippen molar-refractivity contribution < 1.29 is 4.42 Å². The molecule has 0 saturated heterocycles. The number of nitrogens with one attached hydrogen (secondary N) is 1. The quantitative estimate of drug-likeness (QED) is 0.923. The minimum absolute atomic E-state index is 0.0405. The molecule has 0 aliphatic rings. The number of halogens is 1. The fraction of sp³-hybridized carbons (Fsp3) is 0.308. The van der Waals surface area contributed by atoms with E-state index in [2.05, 4.69) is 10.3 Å². The van der Waals surface area contributed by atoms with Gasteiger partial charge in [-0.05, 0) is 42.4 Å². The lowest BCUT2D eigenvalue weighted by Crippen LogP contribution is -2.18. The molecule has 0 aliphatic carbocycles. The first-order chi connectivity index (χ1) is 8.61. The minimum atomic E-state index is -0.0405. The van der Waals surface area contributed by atoms with Crippen molar-refractivity contribution in [3.8, 4) is 0 Å². The second-order valence-electron chi connectivity index (χ2n) is 4.21. The van der Waals surface area contributed by atoms with Gasteiger partial charge >= 0.3 is 0 Å². The lowest BCUT2D eigenvalue weighted by molar-refractivity contribution is 0.464. The lowest BCUT2D eigenvalue weighted by atomic mass is 10.1. The molecule has 2 heterocycles. The summed E-state index contributed by atoms with van der Waals surface area (Å²) in [7, 11) is 5.80. The van der Waals surface area contributed by atoms with Crippen LogP contribution in [0.5, 0.6) is 0 Å². The summed E-state index contributed by atoms with van der Waals surface area (Å²) in [5.74, 6) is 1.70. The Morgan fingerprint density at radius 1 is 1.28 bits per heavy atom. The average Bonchev–Trinajstić information content (AvgIpc) is 2.77. The maximum Gasteiger partial charge on any atom is 0.193 e. The second kappa shape index (κ2) is 5.42. The molecule has 2 aromatic heterocycles. The molecule has 0 fully saturated rings. The number of rotatable bonds is 4. The largest absolute Gasteiger partial charge is 0.448 e. The van der Waals surface area contributed by atoms with Gasteiger partial charge in [0.25, 0.3) is 0 Å². The molecular weight excluding hydrogens is 250 g/mol. The van der Waals surface area contributed by atoms with Gasteiger partial charge in [0.15, 0.2) is 5.22 Å². The van der Waals surface area contributed by atoms with Gasteiger partial charge in [-0.3, -0.25) is 0 Å². The van der Waals surface area contributed by atoms with Crippen molar-refractivity contribution >= 4 is 17.4 Å². The monoisotopic (exact) mass is 265 g/mol. The Morgan fingerprint density at radius 2 is 2.06 bits per heavy atom. The summed E-state index contributed by atoms with van der Waals surface area (Å²) in [6.45, 7) is 0. The first-order valence-corrected chi connectivity index (χ1v) is 6.05. The molecule has 96 valence electrons. The van der Waals surface area contributed by atoms with Gasteiger partial charge in [-0.1, -0.05) is 6.07 Å². The Balaban J connectivity index is 2.28. The Labute approximate surface area is 112 Å². The van der Waals surface area contributed by atoms with Crippen LogP contribution in [-0.2, 0) is 0 Å². The summed E-state index contributed by atoms with van der Waals surface area (Å²) >= 11 is 5.80. The van der Waals surface area contributed by atoms with Gasteiger partial charge in [-0.25, -0.2) is 4.98 Å². The molecule has 18 heavy (non-hydrogen) atoms. The topological polar surface area (TPSA) is 41.3 Å². The smallest absolute Gasteiger partial charge is 0.193 e. The minimum Gasteiger partial charge on any atom is -0.448 e. The molecule has 0 spiro atoms. The van der Waals surface area contributed by atoms with Crippen LogP contribution in [-0.4, -0.2) is 26.1 Å². The van der Waals surface area contributed by atoms with E-state index in [9.17, 15) is 0 Å². The zero-order valence-corrected chi connectivity index (χ0v) is 11.4. The Hall–Kier alpha value is -1.52. The maximum absolute atomic E-state index is 5.80. The summed E-state index contributed by atoms with van der Waals surface area (Å²) in [4.78, 5) is 6.35. The van der Waals surface area contributed by atoms with Crippen molar-refractivity contribution in [1.29, 1.82) is 0 Å². The number of nitrogens with zero attached hydrogens (tertiary/aromatic N) is 2. The van der Waals surface area contributed by atoms with Crippen LogP contribution in [0.4, 0.5) is 5.82 Å². The van der Waals surface area contributed by atoms with Crippen LogP contribution in [0.25, 0.3) is 0 Å². The molecule has 0 bridgehead atoms. The highest BCUT2D eigenvalue weighted by Crippen LogP contribution is 2.25. The first-order valence-electron chi connectivity index (χ1n) is 5.67. The molecule has 5 heteroatoms. The number of hydrogen-bond acceptors (Lipinski definition) is 4. The second-order valence-corrected chi connectivity index (χ2v) is 4.58. The Bertz CT molecular complexity index is 507. The number of furan rings is 1. The van der Waals surface area contributed by atoms with Gasteiger partial charge < -0.3 is 14.6 Å². The highest BCUT2D eigenvalue weighted by atomic mass is 35.5. The highest BCUT2D eigenvalue weighted by Gasteiger charge is 2.16. The first kappa shape index (κ1) is 12.9. The van der Waals surface area contributed by atoms with Crippen LogP contribution < -0.4 is 10.2 Å². The van der Waals surface area contributed by atoms with Crippen LogP contribution in [0.2, 0.25) is 5.22 Å². The van der Waals surface area contributed by atoms with Crippen molar-refractivity contribution in [1.82, 2.24) is 10.3 Å². The molecule has 0 amide bonds. The van der Waals surface area contributed by atoms with E-state index in [-0.39, 0.29) is 6.04 Å². The molecule has 2 aromatic rings. The molecule has 0 aromatic carbocycles. The summed E-state index contributed by atoms with van der Waals surface area (Å²) in [5.41, 5.74) is 1.04. The van der Waals surface area contributed by atoms with E-state index in [0.29, 0.717) is 5.22 Å². The summed E-state index contributed by atoms with van der Waals surface area (Å²) in [6, 6.07) is 7.57. The number of anilines is 1. The molecule has 1 unspecified atom stereocenters. The zero-order valence-electron chi connectivity index (χ0n) is 10.6. The van der Waals surface area contributed by atoms with Crippen LogP contribution in [0.15, 0.2) is 34.9 Å². The molecule has 0 aliphatic heterocycles. The van der Waals surface area contributed by atoms with E-state index in [0.717, 1.165) is 17.1 Å². The normalized spacial score (nSPS) is 12.4. The van der Waals surface area contributed by atoms with Crippen LogP contribution in [0.3, 0.4) is 0 Å². The predicted octanol–water partition coefficient (Wildman–Crippen LogP) is 2.70. The van der Waals surface area contributed by atoms with E-state index in [1.54, 1.807) is 6.07 Å². The van der Waals surface area contributed by atoms with Crippen LogP contribution in [0.1, 0.15) is 17.4 Å². The van der Waals surface area contributed by atoms with E-state index in [1.807, 2.05) is 50.4 Å². The van der Waals surface area contributed by atoms with Crippen LogP contribution >= 0.6 is 11.6 Å². The molecule has 2 rings (SSSR count). The number of aromatic nitrogens is 1. The molecule has 1 N–H and O–H groups in total. The van der Waals surface area contributed by atoms with Gasteiger partial charge in [0.1, 0.15) is 11.6 Å². The molecule has 0 saturated carbocycles. The number of hydrogen-bond donors (Lipinski definition) is 1. The molecule has 4 nitrogen and oxygen atoms in total.